The molecule has 0 saturated heterocycles. The highest BCUT2D eigenvalue weighted by atomic mass is 79.9. The molecule has 1 aliphatic heterocycles. The van der Waals surface area contributed by atoms with Gasteiger partial charge in [0, 0.05) is 23.7 Å². The fourth-order valence-corrected chi connectivity index (χ4v) is 4.23. The first-order valence-corrected chi connectivity index (χ1v) is 11.2. The molecule has 3 aromatic rings. The van der Waals surface area contributed by atoms with E-state index in [0.717, 1.165) is 28.2 Å². The summed E-state index contributed by atoms with van der Waals surface area (Å²) in [5.41, 5.74) is 3.32. The normalized spacial score (nSPS) is 18.2. The second-order valence-electron chi connectivity index (χ2n) is 7.43. The number of rotatable bonds is 6. The van der Waals surface area contributed by atoms with Gasteiger partial charge in [-0.2, -0.15) is 0 Å². The number of para-hydroxylation sites is 1. The number of hydrogen-bond acceptors (Lipinski definition) is 5. The van der Waals surface area contributed by atoms with E-state index in [1.54, 1.807) is 25.3 Å². The third-order valence-corrected chi connectivity index (χ3v) is 6.02. The third kappa shape index (κ3) is 4.64. The van der Waals surface area contributed by atoms with E-state index >= 15 is 0 Å². The first-order valence-electron chi connectivity index (χ1n) is 10.4. The number of nitrogens with zero attached hydrogens (tertiary/aromatic N) is 1. The SMILES string of the molecule is CCOc1cccc(C2CC(c3cccc(OC)c3)=NC(c3ccc(F)c(Br)c3)N2)c1O. The number of halogens is 2. The quantitative estimate of drug-likeness (QED) is 0.442. The molecular weight excluding hydrogens is 475 g/mol. The molecule has 0 radical (unpaired) electrons. The van der Waals surface area contributed by atoms with Gasteiger partial charge in [0.15, 0.2) is 11.5 Å². The minimum atomic E-state index is -0.429. The third-order valence-electron chi connectivity index (χ3n) is 5.41. The van der Waals surface area contributed by atoms with Gasteiger partial charge >= 0.3 is 0 Å². The first kappa shape index (κ1) is 22.3. The number of aliphatic imine (C=N–C) groups is 1. The van der Waals surface area contributed by atoms with Gasteiger partial charge in [0.25, 0.3) is 0 Å². The monoisotopic (exact) mass is 498 g/mol. The molecule has 2 N–H and O–H groups in total. The maximum Gasteiger partial charge on any atom is 0.162 e. The highest BCUT2D eigenvalue weighted by molar-refractivity contribution is 9.10. The lowest BCUT2D eigenvalue weighted by Gasteiger charge is -2.31. The number of benzene rings is 3. The van der Waals surface area contributed by atoms with E-state index in [4.69, 9.17) is 14.5 Å². The fourth-order valence-electron chi connectivity index (χ4n) is 3.83. The Labute approximate surface area is 195 Å². The fraction of sp³-hybridized carbons (Fsp3) is 0.240. The van der Waals surface area contributed by atoms with Crippen LogP contribution in [-0.4, -0.2) is 24.5 Å². The summed E-state index contributed by atoms with van der Waals surface area (Å²) in [6.45, 7) is 2.33. The molecule has 2 atom stereocenters. The van der Waals surface area contributed by atoms with Gasteiger partial charge in [-0.1, -0.05) is 30.3 Å². The molecule has 0 bridgehead atoms. The van der Waals surface area contributed by atoms with Crippen LogP contribution in [0.2, 0.25) is 0 Å². The zero-order chi connectivity index (χ0) is 22.7. The summed E-state index contributed by atoms with van der Waals surface area (Å²) < 4.78 is 25.2. The lowest BCUT2D eigenvalue weighted by molar-refractivity contribution is 0.313. The number of aromatic hydroxyl groups is 1. The Balaban J connectivity index is 1.78. The van der Waals surface area contributed by atoms with Crippen LogP contribution in [0.5, 0.6) is 17.2 Å². The molecular formula is C25H24BrFN2O3. The van der Waals surface area contributed by atoms with Crippen LogP contribution >= 0.6 is 15.9 Å². The smallest absolute Gasteiger partial charge is 0.162 e. The van der Waals surface area contributed by atoms with Crippen LogP contribution in [0.3, 0.4) is 0 Å². The first-order chi connectivity index (χ1) is 15.5. The lowest BCUT2D eigenvalue weighted by atomic mass is 9.93. The average molecular weight is 499 g/mol. The van der Waals surface area contributed by atoms with Crippen LogP contribution in [0, 0.1) is 5.82 Å². The van der Waals surface area contributed by atoms with Crippen LogP contribution in [-0.2, 0) is 0 Å². The van der Waals surface area contributed by atoms with E-state index in [-0.39, 0.29) is 17.6 Å². The molecule has 0 spiro atoms. The number of nitrogens with one attached hydrogen (secondary N) is 1. The molecule has 0 saturated carbocycles. The Morgan fingerprint density at radius 1 is 1.16 bits per heavy atom. The second-order valence-corrected chi connectivity index (χ2v) is 8.29. The molecule has 0 aliphatic carbocycles. The van der Waals surface area contributed by atoms with E-state index in [2.05, 4.69) is 21.2 Å². The highest BCUT2D eigenvalue weighted by Crippen LogP contribution is 2.39. The second kappa shape index (κ2) is 9.71. The molecule has 7 heteroatoms. The number of hydrogen-bond donors (Lipinski definition) is 2. The van der Waals surface area contributed by atoms with E-state index in [0.29, 0.717) is 23.2 Å². The van der Waals surface area contributed by atoms with Crippen LogP contribution < -0.4 is 14.8 Å². The van der Waals surface area contributed by atoms with Crippen LogP contribution in [0.4, 0.5) is 4.39 Å². The molecule has 4 rings (SSSR count). The predicted octanol–water partition coefficient (Wildman–Crippen LogP) is 5.92. The van der Waals surface area contributed by atoms with Gasteiger partial charge in [-0.25, -0.2) is 4.39 Å². The molecule has 0 aromatic heterocycles. The largest absolute Gasteiger partial charge is 0.504 e. The minimum absolute atomic E-state index is 0.109. The summed E-state index contributed by atoms with van der Waals surface area (Å²) in [5.74, 6) is 0.957. The van der Waals surface area contributed by atoms with Crippen LogP contribution in [0.25, 0.3) is 0 Å². The van der Waals surface area contributed by atoms with Gasteiger partial charge in [0.1, 0.15) is 17.7 Å². The van der Waals surface area contributed by atoms with Crippen LogP contribution in [0.1, 0.15) is 42.2 Å². The van der Waals surface area contributed by atoms with Crippen molar-refractivity contribution in [3.63, 3.8) is 0 Å². The summed E-state index contributed by atoms with van der Waals surface area (Å²) in [6, 6.07) is 17.8. The van der Waals surface area contributed by atoms with Gasteiger partial charge in [-0.05, 0) is 64.3 Å². The molecule has 5 nitrogen and oxygen atoms in total. The Morgan fingerprint density at radius 3 is 2.72 bits per heavy atom. The summed E-state index contributed by atoms with van der Waals surface area (Å²) >= 11 is 3.27. The van der Waals surface area contributed by atoms with Crippen molar-refractivity contribution in [3.8, 4) is 17.2 Å². The molecule has 166 valence electrons. The van der Waals surface area contributed by atoms with E-state index < -0.39 is 6.17 Å². The Hall–Kier alpha value is -2.90. The molecule has 0 amide bonds. The zero-order valence-electron chi connectivity index (χ0n) is 17.8. The molecule has 1 aliphatic rings. The number of phenolic OH excluding ortho intramolecular Hbond substituents is 1. The van der Waals surface area contributed by atoms with Crippen molar-refractivity contribution in [2.75, 3.05) is 13.7 Å². The molecule has 32 heavy (non-hydrogen) atoms. The van der Waals surface area contributed by atoms with Gasteiger partial charge in [-0.3, -0.25) is 10.3 Å². The topological polar surface area (TPSA) is 63.1 Å². The Kier molecular flexibility index (Phi) is 6.77. The van der Waals surface area contributed by atoms with E-state index in [1.807, 2.05) is 43.3 Å². The lowest BCUT2D eigenvalue weighted by Crippen LogP contribution is -2.33. The van der Waals surface area contributed by atoms with Gasteiger partial charge in [-0.15, -0.1) is 0 Å². The van der Waals surface area contributed by atoms with Crippen molar-refractivity contribution in [2.24, 2.45) is 4.99 Å². The predicted molar refractivity (Wildman–Crippen MR) is 126 cm³/mol. The van der Waals surface area contributed by atoms with Crippen LogP contribution in [0.15, 0.2) is 70.1 Å². The van der Waals surface area contributed by atoms with Crippen molar-refractivity contribution in [2.45, 2.75) is 25.6 Å². The molecule has 3 aromatic carbocycles. The van der Waals surface area contributed by atoms with Gasteiger partial charge in [0.05, 0.1) is 18.2 Å². The van der Waals surface area contributed by atoms with Crippen molar-refractivity contribution in [1.82, 2.24) is 5.32 Å². The van der Waals surface area contributed by atoms with Crippen molar-refractivity contribution >= 4 is 21.6 Å². The van der Waals surface area contributed by atoms with Crippen molar-refractivity contribution in [1.29, 1.82) is 0 Å². The van der Waals surface area contributed by atoms with Gasteiger partial charge < -0.3 is 14.6 Å². The van der Waals surface area contributed by atoms with Crippen molar-refractivity contribution in [3.05, 3.63) is 87.6 Å². The van der Waals surface area contributed by atoms with E-state index in [1.165, 1.54) is 6.07 Å². The summed E-state index contributed by atoms with van der Waals surface area (Å²) in [7, 11) is 1.63. The molecule has 0 fully saturated rings. The number of phenols is 1. The Morgan fingerprint density at radius 2 is 1.97 bits per heavy atom. The van der Waals surface area contributed by atoms with E-state index in [9.17, 15) is 9.50 Å². The maximum absolute atomic E-state index is 13.8. The summed E-state index contributed by atoms with van der Waals surface area (Å²) in [4.78, 5) is 4.93. The highest BCUT2D eigenvalue weighted by Gasteiger charge is 2.29. The van der Waals surface area contributed by atoms with Gasteiger partial charge in [0.2, 0.25) is 0 Å². The summed E-state index contributed by atoms with van der Waals surface area (Å²) in [5, 5.41) is 14.4. The van der Waals surface area contributed by atoms with Crippen molar-refractivity contribution < 1.29 is 19.0 Å². The zero-order valence-corrected chi connectivity index (χ0v) is 19.4. The Bertz CT molecular complexity index is 1150. The number of ether oxygens (including phenoxy) is 2. The average Bonchev–Trinajstić information content (AvgIpc) is 2.82. The molecule has 1 heterocycles. The maximum atomic E-state index is 13.8. The molecule has 2 unspecified atom stereocenters. The number of methoxy groups -OCH3 is 1. The summed E-state index contributed by atoms with van der Waals surface area (Å²) in [6.07, 6.45) is 0.122. The standard InChI is InChI=1S/C25H24BrFN2O3/c1-3-32-23-9-5-8-18(24(23)30)22-14-21(15-6-4-7-17(12-15)31-2)28-25(29-22)16-10-11-20(27)19(26)13-16/h4-13,22,25,29-30H,3,14H2,1-2H3. The minimum Gasteiger partial charge on any atom is -0.504 e.